The van der Waals surface area contributed by atoms with Crippen molar-refractivity contribution in [2.45, 2.75) is 28.6 Å². The van der Waals surface area contributed by atoms with Gasteiger partial charge in [-0.2, -0.15) is 0 Å². The number of esters is 3. The minimum absolute atomic E-state index is 0.277. The number of rotatable bonds is 4. The van der Waals surface area contributed by atoms with Gasteiger partial charge in [-0.05, 0) is 0 Å². The predicted molar refractivity (Wildman–Crippen MR) is 87.0 cm³/mol. The Kier molecular flexibility index (Phi) is 6.27. The van der Waals surface area contributed by atoms with Gasteiger partial charge in [0.25, 0.3) is 0 Å². The molecule has 1 aromatic rings. The first-order valence-corrected chi connectivity index (χ1v) is 9.47. The molecule has 130 valence electrons. The number of methoxy groups -OCH3 is 2. The van der Waals surface area contributed by atoms with E-state index in [2.05, 4.69) is 0 Å². The zero-order valence-corrected chi connectivity index (χ0v) is 15.7. The molecule has 0 saturated carbocycles. The summed E-state index contributed by atoms with van der Waals surface area (Å²) in [6.07, 6.45) is 1.49. The number of carbonyl (C=O) groups excluding carboxylic acids is 3. The molecule has 0 aliphatic carbocycles. The van der Waals surface area contributed by atoms with E-state index in [4.69, 9.17) is 25.8 Å². The molecule has 1 aliphatic rings. The summed E-state index contributed by atoms with van der Waals surface area (Å²) >= 11 is 5.17. The van der Waals surface area contributed by atoms with Gasteiger partial charge in [-0.1, -0.05) is 0 Å². The Morgan fingerprint density at radius 1 is 1.17 bits per heavy atom. The zero-order valence-electron chi connectivity index (χ0n) is 13.2. The molecule has 1 saturated heterocycles. The third-order valence-electron chi connectivity index (χ3n) is 3.60. The molecule has 6 nitrogen and oxygen atoms in total. The van der Waals surface area contributed by atoms with Crippen LogP contribution in [0.2, 0.25) is 9.84 Å². The van der Waals surface area contributed by atoms with Crippen LogP contribution in [0.25, 0.3) is 0 Å². The van der Waals surface area contributed by atoms with Crippen molar-refractivity contribution < 1.29 is 28.6 Å². The van der Waals surface area contributed by atoms with Crippen LogP contribution in [0, 0.1) is 0 Å². The summed E-state index contributed by atoms with van der Waals surface area (Å²) in [5.74, 6) is -1.69. The number of halogens is 1. The van der Waals surface area contributed by atoms with Gasteiger partial charge in [0, 0.05) is 0 Å². The van der Waals surface area contributed by atoms with Gasteiger partial charge < -0.3 is 0 Å². The maximum absolute atomic E-state index is 12.4. The molecule has 0 N–H and O–H groups in total. The molecule has 0 spiro atoms. The Morgan fingerprint density at radius 3 is 2.42 bits per heavy atom. The van der Waals surface area contributed by atoms with E-state index < -0.39 is 42.2 Å². The fraction of sp³-hybridized carbons (Fsp3) is 0.438. The van der Waals surface area contributed by atoms with Crippen molar-refractivity contribution >= 4 is 44.5 Å². The number of hydrogen-bond acceptors (Lipinski definition) is 6. The van der Waals surface area contributed by atoms with Gasteiger partial charge >= 0.3 is 151 Å². The molecule has 1 heterocycles. The van der Waals surface area contributed by atoms with Crippen molar-refractivity contribution in [3.05, 3.63) is 34.9 Å². The van der Waals surface area contributed by atoms with Crippen LogP contribution in [-0.4, -0.2) is 51.6 Å². The molecule has 0 radical (unpaired) electrons. The van der Waals surface area contributed by atoms with Crippen LogP contribution in [0.5, 0.6) is 0 Å². The van der Waals surface area contributed by atoms with Crippen molar-refractivity contribution in [2.24, 2.45) is 0 Å². The van der Waals surface area contributed by atoms with E-state index in [1.807, 2.05) is 0 Å². The Balaban J connectivity index is 2.24. The van der Waals surface area contributed by atoms with Crippen molar-refractivity contribution in [1.82, 2.24) is 0 Å². The topological polar surface area (TPSA) is 78.9 Å². The molecular weight excluding hydrogens is 403 g/mol. The summed E-state index contributed by atoms with van der Waals surface area (Å²) in [7, 11) is 2.53. The first-order chi connectivity index (χ1) is 11.4. The summed E-state index contributed by atoms with van der Waals surface area (Å²) in [5.41, 5.74) is 0.277. The molecule has 2 atom stereocenters. The molecule has 1 aliphatic heterocycles. The number of hydrogen-bond donors (Lipinski definition) is 0. The fourth-order valence-electron chi connectivity index (χ4n) is 2.38. The van der Waals surface area contributed by atoms with Crippen molar-refractivity contribution in [2.75, 3.05) is 14.2 Å². The van der Waals surface area contributed by atoms with E-state index in [-0.39, 0.29) is 5.56 Å². The molecule has 1 aromatic carbocycles. The van der Waals surface area contributed by atoms with Crippen molar-refractivity contribution in [1.29, 1.82) is 0 Å². The average molecular weight is 420 g/mol. The molecule has 2 rings (SSSR count). The normalized spacial score (nSPS) is 23.2. The van der Waals surface area contributed by atoms with E-state index in [0.717, 1.165) is 0 Å². The van der Waals surface area contributed by atoms with Crippen LogP contribution in [-0.2, 0) is 23.8 Å². The van der Waals surface area contributed by atoms with Gasteiger partial charge in [0.1, 0.15) is 0 Å². The molecular formula is C16H17ClO6Se. The minimum atomic E-state index is -1.42. The van der Waals surface area contributed by atoms with Crippen LogP contribution in [0.3, 0.4) is 0 Å². The second-order valence-electron chi connectivity index (χ2n) is 5.16. The van der Waals surface area contributed by atoms with E-state index >= 15 is 0 Å². The van der Waals surface area contributed by atoms with Gasteiger partial charge in [-0.25, -0.2) is 0 Å². The molecule has 0 aromatic heterocycles. The third-order valence-corrected chi connectivity index (χ3v) is 7.10. The van der Waals surface area contributed by atoms with Gasteiger partial charge in [-0.3, -0.25) is 0 Å². The molecule has 8 heteroatoms. The Morgan fingerprint density at radius 2 is 1.83 bits per heavy atom. The summed E-state index contributed by atoms with van der Waals surface area (Å²) < 4.78 is 13.7. The third kappa shape index (κ3) is 4.09. The van der Waals surface area contributed by atoms with Crippen LogP contribution in [0.1, 0.15) is 29.6 Å². The molecule has 0 amide bonds. The fourth-order valence-corrected chi connectivity index (χ4v) is 5.66. The number of carbonyl (C=O) groups is 3. The van der Waals surface area contributed by atoms with Crippen LogP contribution in [0.4, 0.5) is 0 Å². The van der Waals surface area contributed by atoms with Gasteiger partial charge in [-0.15, -0.1) is 0 Å². The van der Waals surface area contributed by atoms with E-state index in [1.165, 1.54) is 26.4 Å². The van der Waals surface area contributed by atoms with Crippen LogP contribution in [0.15, 0.2) is 24.3 Å². The second kappa shape index (κ2) is 8.01. The number of benzene rings is 1. The van der Waals surface area contributed by atoms with Crippen molar-refractivity contribution in [3.8, 4) is 0 Å². The first kappa shape index (κ1) is 18.8. The monoisotopic (exact) mass is 420 g/mol. The quantitative estimate of drug-likeness (QED) is 0.423. The molecule has 24 heavy (non-hydrogen) atoms. The summed E-state index contributed by atoms with van der Waals surface area (Å²) in [6.45, 7) is 0. The summed E-state index contributed by atoms with van der Waals surface area (Å²) in [4.78, 5) is 36.1. The second-order valence-corrected chi connectivity index (χ2v) is 8.67. The van der Waals surface area contributed by atoms with Crippen LogP contribution >= 0.6 is 11.6 Å². The first-order valence-electron chi connectivity index (χ1n) is 7.25. The Labute approximate surface area is 150 Å². The SMILES string of the molecule is COC(=O)C1CCCC(OC(=O)c2ccc(Cl)cc2)(C(=O)OC)[Se]1. The van der Waals surface area contributed by atoms with Crippen molar-refractivity contribution in [3.63, 3.8) is 0 Å². The Hall–Kier alpha value is -1.56. The molecule has 1 fully saturated rings. The summed E-state index contributed by atoms with van der Waals surface area (Å²) in [6, 6.07) is 6.16. The number of ether oxygens (including phenoxy) is 3. The van der Waals surface area contributed by atoms with Gasteiger partial charge in [0.2, 0.25) is 0 Å². The Bertz CT molecular complexity index is 632. The standard InChI is InChI=1S/C16H17ClO6Se/c1-21-14(19)12-4-3-9-16(24-12,15(20)22-2)23-13(18)10-5-7-11(17)8-6-10/h5-8,12H,3-4,9H2,1-2H3. The summed E-state index contributed by atoms with van der Waals surface area (Å²) in [5, 5.41) is 0.488. The van der Waals surface area contributed by atoms with Gasteiger partial charge in [0.05, 0.1) is 0 Å². The van der Waals surface area contributed by atoms with Gasteiger partial charge in [0.15, 0.2) is 0 Å². The molecule has 0 bridgehead atoms. The predicted octanol–water partition coefficient (Wildman–Crippen LogP) is 2.22. The van der Waals surface area contributed by atoms with E-state index in [9.17, 15) is 14.4 Å². The zero-order chi connectivity index (χ0) is 17.7. The maximum atomic E-state index is 12.4. The van der Waals surface area contributed by atoms with Crippen LogP contribution < -0.4 is 0 Å². The van der Waals surface area contributed by atoms with E-state index in [1.54, 1.807) is 12.1 Å². The average Bonchev–Trinajstić information content (AvgIpc) is 2.60. The van der Waals surface area contributed by atoms with E-state index in [0.29, 0.717) is 24.3 Å². The molecule has 2 unspecified atom stereocenters.